The number of halogens is 1. The first kappa shape index (κ1) is 17.2. The molecule has 0 bridgehead atoms. The maximum Gasteiger partial charge on any atom is 2.00 e. The maximum atomic E-state index is 5.65. The van der Waals surface area contributed by atoms with Gasteiger partial charge in [-0.05, 0) is 25.9 Å². The standard InChI is InChI=1S/C13H18NO.BrH.Mg/c1-3-7-13(8-4-1)15-12-11-14-9-5-2-6-10-14;;/h3-4,7-8H,2,5-6,9-12H2;1H;/q-1;;+2/p-1. The average Bonchev–Trinajstić information content (AvgIpc) is 2.32. The van der Waals surface area contributed by atoms with Gasteiger partial charge in [0, 0.05) is 12.3 Å². The molecule has 0 spiro atoms. The molecule has 0 radical (unpaired) electrons. The molecule has 2 rings (SSSR count). The Kier molecular flexibility index (Phi) is 10.3. The van der Waals surface area contributed by atoms with E-state index in [4.69, 9.17) is 4.74 Å². The van der Waals surface area contributed by atoms with Gasteiger partial charge in [0.05, 0.1) is 6.61 Å². The molecule has 17 heavy (non-hydrogen) atoms. The van der Waals surface area contributed by atoms with E-state index in [-0.39, 0.29) is 40.0 Å². The molecule has 90 valence electrons. The third-order valence-electron chi connectivity index (χ3n) is 2.81. The first-order valence-electron chi connectivity index (χ1n) is 5.76. The molecular formula is C13H18BrMgNO. The Labute approximate surface area is 131 Å². The molecule has 0 aromatic heterocycles. The van der Waals surface area contributed by atoms with Crippen molar-refractivity contribution in [2.45, 2.75) is 19.3 Å². The van der Waals surface area contributed by atoms with Gasteiger partial charge in [0.15, 0.2) is 0 Å². The Bertz CT molecular complexity index is 278. The van der Waals surface area contributed by atoms with E-state index in [1.54, 1.807) is 0 Å². The van der Waals surface area contributed by atoms with Crippen LogP contribution < -0.4 is 21.7 Å². The van der Waals surface area contributed by atoms with Gasteiger partial charge in [-0.3, -0.25) is 4.90 Å². The number of ether oxygens (including phenoxy) is 1. The molecule has 0 aliphatic carbocycles. The van der Waals surface area contributed by atoms with Gasteiger partial charge < -0.3 is 21.7 Å². The summed E-state index contributed by atoms with van der Waals surface area (Å²) in [5.41, 5.74) is 0. The predicted molar refractivity (Wildman–Crippen MR) is 66.8 cm³/mol. The first-order chi connectivity index (χ1) is 7.45. The molecule has 1 aromatic carbocycles. The molecule has 0 amide bonds. The average molecular weight is 309 g/mol. The third-order valence-corrected chi connectivity index (χ3v) is 2.81. The smallest absolute Gasteiger partial charge is 1.00 e. The summed E-state index contributed by atoms with van der Waals surface area (Å²) in [5.74, 6) is 0.950. The van der Waals surface area contributed by atoms with Crippen LogP contribution in [0.4, 0.5) is 0 Å². The van der Waals surface area contributed by atoms with Crippen LogP contribution in [0.15, 0.2) is 24.3 Å². The fraction of sp³-hybridized carbons (Fsp3) is 0.538. The molecule has 1 aliphatic heterocycles. The van der Waals surface area contributed by atoms with Gasteiger partial charge in [-0.2, -0.15) is 18.2 Å². The van der Waals surface area contributed by atoms with Crippen molar-refractivity contribution in [3.63, 3.8) is 0 Å². The number of nitrogens with zero attached hydrogens (tertiary/aromatic N) is 1. The van der Waals surface area contributed by atoms with Crippen LogP contribution in [0.1, 0.15) is 19.3 Å². The second-order valence-electron chi connectivity index (χ2n) is 3.99. The fourth-order valence-electron chi connectivity index (χ4n) is 1.94. The Morgan fingerprint density at radius 2 is 1.76 bits per heavy atom. The summed E-state index contributed by atoms with van der Waals surface area (Å²) in [5, 5.41) is 0. The van der Waals surface area contributed by atoms with E-state index in [1.165, 1.54) is 32.4 Å². The minimum atomic E-state index is 0. The predicted octanol–water partition coefficient (Wildman–Crippen LogP) is -1.03. The molecule has 1 heterocycles. The molecule has 4 heteroatoms. The van der Waals surface area contributed by atoms with Crippen LogP contribution in [0.3, 0.4) is 0 Å². The van der Waals surface area contributed by atoms with Crippen molar-refractivity contribution in [1.29, 1.82) is 0 Å². The molecule has 0 unspecified atom stereocenters. The summed E-state index contributed by atoms with van der Waals surface area (Å²) >= 11 is 0. The number of hydrogen-bond donors (Lipinski definition) is 0. The van der Waals surface area contributed by atoms with Crippen molar-refractivity contribution < 1.29 is 21.7 Å². The number of hydrogen-bond acceptors (Lipinski definition) is 2. The van der Waals surface area contributed by atoms with Gasteiger partial charge in [-0.15, -0.1) is 12.1 Å². The number of benzene rings is 1. The molecule has 0 atom stereocenters. The quantitative estimate of drug-likeness (QED) is 0.521. The monoisotopic (exact) mass is 307 g/mol. The Balaban J connectivity index is 0.00000128. The third kappa shape index (κ3) is 6.65. The van der Waals surface area contributed by atoms with E-state index in [9.17, 15) is 0 Å². The van der Waals surface area contributed by atoms with Crippen molar-refractivity contribution in [2.24, 2.45) is 0 Å². The van der Waals surface area contributed by atoms with Crippen LogP contribution >= 0.6 is 0 Å². The van der Waals surface area contributed by atoms with Gasteiger partial charge in [0.25, 0.3) is 0 Å². The van der Waals surface area contributed by atoms with Crippen molar-refractivity contribution >= 4 is 23.1 Å². The van der Waals surface area contributed by atoms with E-state index < -0.39 is 0 Å². The summed E-state index contributed by atoms with van der Waals surface area (Å²) in [7, 11) is 0. The molecule has 1 saturated heterocycles. The first-order valence-corrected chi connectivity index (χ1v) is 5.76. The molecular weight excluding hydrogens is 290 g/mol. The van der Waals surface area contributed by atoms with E-state index in [1.807, 2.05) is 24.3 Å². The summed E-state index contributed by atoms with van der Waals surface area (Å²) in [6.45, 7) is 4.33. The zero-order valence-corrected chi connectivity index (χ0v) is 13.2. The number of piperidine rings is 1. The molecule has 0 N–H and O–H groups in total. The minimum Gasteiger partial charge on any atom is -1.00 e. The minimum absolute atomic E-state index is 0. The molecule has 0 saturated carbocycles. The van der Waals surface area contributed by atoms with Crippen molar-refractivity contribution in [2.75, 3.05) is 26.2 Å². The van der Waals surface area contributed by atoms with Gasteiger partial charge in [-0.25, -0.2) is 0 Å². The Morgan fingerprint density at radius 1 is 1.12 bits per heavy atom. The van der Waals surface area contributed by atoms with Crippen molar-refractivity contribution in [3.8, 4) is 5.75 Å². The van der Waals surface area contributed by atoms with Crippen LogP contribution in [0.2, 0.25) is 0 Å². The number of rotatable bonds is 4. The second kappa shape index (κ2) is 10.2. The summed E-state index contributed by atoms with van der Waals surface area (Å²) in [6.07, 6.45) is 4.09. The molecule has 1 aliphatic rings. The van der Waals surface area contributed by atoms with E-state index in [0.717, 1.165) is 18.9 Å². The van der Waals surface area contributed by atoms with Crippen LogP contribution in [-0.4, -0.2) is 54.2 Å². The summed E-state index contributed by atoms with van der Waals surface area (Å²) in [4.78, 5) is 2.48. The molecule has 2 nitrogen and oxygen atoms in total. The SMILES string of the molecule is [Br-].[Mg+2].[c-]1ccc(OCCN2CCCCC2)cc1. The summed E-state index contributed by atoms with van der Waals surface area (Å²) in [6, 6.07) is 10.7. The Hall–Kier alpha value is 0.226. The van der Waals surface area contributed by atoms with Gasteiger partial charge in [-0.1, -0.05) is 6.42 Å². The van der Waals surface area contributed by atoms with E-state index >= 15 is 0 Å². The Morgan fingerprint density at radius 3 is 2.41 bits per heavy atom. The maximum absolute atomic E-state index is 5.65. The van der Waals surface area contributed by atoms with Crippen LogP contribution in [0.25, 0.3) is 0 Å². The van der Waals surface area contributed by atoms with Crippen LogP contribution in [0.5, 0.6) is 5.75 Å². The van der Waals surface area contributed by atoms with E-state index in [0.29, 0.717) is 0 Å². The molecule has 1 fully saturated rings. The number of likely N-dealkylation sites (tertiary alicyclic amines) is 1. The van der Waals surface area contributed by atoms with Gasteiger partial charge in [0.2, 0.25) is 0 Å². The zero-order chi connectivity index (χ0) is 10.3. The normalized spacial score (nSPS) is 15.5. The topological polar surface area (TPSA) is 12.5 Å². The van der Waals surface area contributed by atoms with Gasteiger partial charge in [0.1, 0.15) is 0 Å². The largest absolute Gasteiger partial charge is 2.00 e. The zero-order valence-electron chi connectivity index (χ0n) is 10.2. The second-order valence-corrected chi connectivity index (χ2v) is 3.99. The van der Waals surface area contributed by atoms with Crippen molar-refractivity contribution in [1.82, 2.24) is 4.90 Å². The summed E-state index contributed by atoms with van der Waals surface area (Å²) < 4.78 is 5.65. The van der Waals surface area contributed by atoms with Crippen LogP contribution in [0, 0.1) is 6.07 Å². The van der Waals surface area contributed by atoms with Gasteiger partial charge >= 0.3 is 23.1 Å². The molecule has 1 aromatic rings. The van der Waals surface area contributed by atoms with Crippen molar-refractivity contribution in [3.05, 3.63) is 30.3 Å². The fourth-order valence-corrected chi connectivity index (χ4v) is 1.94. The van der Waals surface area contributed by atoms with E-state index in [2.05, 4.69) is 11.0 Å². The van der Waals surface area contributed by atoms with Crippen LogP contribution in [-0.2, 0) is 0 Å².